The summed E-state index contributed by atoms with van der Waals surface area (Å²) < 4.78 is 33.5. The Balaban J connectivity index is 1.60. The fraction of sp³-hybridized carbons (Fsp3) is 0.733. The van der Waals surface area contributed by atoms with Crippen molar-refractivity contribution in [3.63, 3.8) is 0 Å². The van der Waals surface area contributed by atoms with Crippen LogP contribution >= 0.6 is 0 Å². The lowest BCUT2D eigenvalue weighted by atomic mass is 9.53. The van der Waals surface area contributed by atoms with Crippen LogP contribution in [0.5, 0.6) is 0 Å². The number of rotatable bonds is 4. The van der Waals surface area contributed by atoms with Crippen LogP contribution in [0.2, 0.25) is 0 Å². The molecule has 0 amide bonds. The van der Waals surface area contributed by atoms with Crippen LogP contribution in [0.25, 0.3) is 0 Å². The molecule has 4 bridgehead atoms. The summed E-state index contributed by atoms with van der Waals surface area (Å²) in [7, 11) is -3.58. The van der Waals surface area contributed by atoms with Crippen LogP contribution in [-0.2, 0) is 16.6 Å². The summed E-state index contributed by atoms with van der Waals surface area (Å²) in [6.07, 6.45) is 6.84. The second-order valence-electron chi connectivity index (χ2n) is 7.23. The van der Waals surface area contributed by atoms with Gasteiger partial charge in [-0.05, 0) is 68.4 Å². The minimum atomic E-state index is -3.58. The Kier molecular flexibility index (Phi) is 3.00. The van der Waals surface area contributed by atoms with Gasteiger partial charge in [0.05, 0.1) is 6.54 Å². The minimum absolute atomic E-state index is 0.00121. The van der Waals surface area contributed by atoms with Crippen molar-refractivity contribution < 1.29 is 12.8 Å². The van der Waals surface area contributed by atoms with E-state index in [0.29, 0.717) is 23.5 Å². The molecule has 116 valence electrons. The molecule has 5 nitrogen and oxygen atoms in total. The first-order chi connectivity index (χ1) is 9.98. The van der Waals surface area contributed by atoms with Gasteiger partial charge < -0.3 is 10.2 Å². The predicted molar refractivity (Wildman–Crippen MR) is 77.8 cm³/mol. The number of nitrogens with two attached hydrogens (primary N) is 1. The molecule has 4 fully saturated rings. The van der Waals surface area contributed by atoms with E-state index in [-0.39, 0.29) is 17.2 Å². The van der Waals surface area contributed by atoms with Crippen LogP contribution in [0.15, 0.2) is 21.6 Å². The van der Waals surface area contributed by atoms with Crippen LogP contribution in [0, 0.1) is 17.8 Å². The molecule has 0 spiro atoms. The molecule has 4 aliphatic rings. The molecule has 21 heavy (non-hydrogen) atoms. The second kappa shape index (κ2) is 4.57. The van der Waals surface area contributed by atoms with Crippen molar-refractivity contribution in [1.82, 2.24) is 4.72 Å². The van der Waals surface area contributed by atoms with Crippen molar-refractivity contribution in [3.8, 4) is 0 Å². The minimum Gasteiger partial charge on any atom is -0.447 e. The van der Waals surface area contributed by atoms with E-state index in [4.69, 9.17) is 10.2 Å². The lowest BCUT2D eigenvalue weighted by Gasteiger charge is -2.56. The first kappa shape index (κ1) is 13.8. The Morgan fingerprint density at radius 2 is 1.71 bits per heavy atom. The number of hydrogen-bond donors (Lipinski definition) is 2. The monoisotopic (exact) mass is 310 g/mol. The van der Waals surface area contributed by atoms with Crippen molar-refractivity contribution in [2.24, 2.45) is 23.5 Å². The number of nitrogens with one attached hydrogen (secondary N) is 1. The van der Waals surface area contributed by atoms with E-state index in [9.17, 15) is 8.42 Å². The van der Waals surface area contributed by atoms with E-state index < -0.39 is 10.0 Å². The highest BCUT2D eigenvalue weighted by molar-refractivity contribution is 7.89. The van der Waals surface area contributed by atoms with Crippen LogP contribution in [0.1, 0.15) is 44.3 Å². The van der Waals surface area contributed by atoms with Crippen LogP contribution in [0.3, 0.4) is 0 Å². The lowest BCUT2D eigenvalue weighted by Crippen LogP contribution is -2.59. The average molecular weight is 310 g/mol. The predicted octanol–water partition coefficient (Wildman–Crippen LogP) is 1.99. The van der Waals surface area contributed by atoms with Crippen molar-refractivity contribution >= 4 is 10.0 Å². The Bertz CT molecular complexity index is 614. The Labute approximate surface area is 125 Å². The first-order valence-corrected chi connectivity index (χ1v) is 9.29. The molecule has 1 aromatic rings. The summed E-state index contributed by atoms with van der Waals surface area (Å²) in [6, 6.07) is 3.14. The maximum atomic E-state index is 12.6. The molecule has 6 heteroatoms. The lowest BCUT2D eigenvalue weighted by molar-refractivity contribution is -0.00827. The summed E-state index contributed by atoms with van der Waals surface area (Å²) in [5, 5.41) is -0.00121. The van der Waals surface area contributed by atoms with Crippen LogP contribution < -0.4 is 10.5 Å². The van der Waals surface area contributed by atoms with Gasteiger partial charge in [-0.15, -0.1) is 0 Å². The first-order valence-electron chi connectivity index (χ1n) is 7.81. The molecule has 3 N–H and O–H groups in total. The SMILES string of the molecule is NCc1ccc(S(=O)(=O)NC23CC4CC(CC(C4)C2)C3)o1. The van der Waals surface area contributed by atoms with Gasteiger partial charge in [-0.25, -0.2) is 13.1 Å². The zero-order valence-electron chi connectivity index (χ0n) is 12.0. The number of furan rings is 1. The zero-order valence-corrected chi connectivity index (χ0v) is 12.9. The molecule has 5 rings (SSSR count). The van der Waals surface area contributed by atoms with Crippen LogP contribution in [-0.4, -0.2) is 14.0 Å². The third-order valence-electron chi connectivity index (χ3n) is 5.49. The van der Waals surface area contributed by atoms with Crippen molar-refractivity contribution in [1.29, 1.82) is 0 Å². The third-order valence-corrected chi connectivity index (χ3v) is 6.94. The van der Waals surface area contributed by atoms with Gasteiger partial charge in [0.1, 0.15) is 5.76 Å². The largest absolute Gasteiger partial charge is 0.447 e. The van der Waals surface area contributed by atoms with Crippen molar-refractivity contribution in [2.45, 2.75) is 55.7 Å². The molecule has 0 saturated heterocycles. The average Bonchev–Trinajstić information content (AvgIpc) is 2.85. The summed E-state index contributed by atoms with van der Waals surface area (Å²) in [5.74, 6) is 2.61. The zero-order chi connectivity index (χ0) is 14.7. The topological polar surface area (TPSA) is 85.3 Å². The van der Waals surface area contributed by atoms with E-state index >= 15 is 0 Å². The highest BCUT2D eigenvalue weighted by Crippen LogP contribution is 2.55. The van der Waals surface area contributed by atoms with Crippen molar-refractivity contribution in [2.75, 3.05) is 0 Å². The molecule has 0 atom stereocenters. The van der Waals surface area contributed by atoms with E-state index in [1.807, 2.05) is 0 Å². The maximum Gasteiger partial charge on any atom is 0.274 e. The second-order valence-corrected chi connectivity index (χ2v) is 8.84. The van der Waals surface area contributed by atoms with E-state index in [2.05, 4.69) is 4.72 Å². The fourth-order valence-electron chi connectivity index (χ4n) is 5.18. The van der Waals surface area contributed by atoms with Gasteiger partial charge in [0, 0.05) is 5.54 Å². The highest BCUT2D eigenvalue weighted by Gasteiger charge is 2.52. The molecular formula is C15H22N2O3S. The molecule has 0 unspecified atom stereocenters. The Morgan fingerprint density at radius 1 is 1.14 bits per heavy atom. The van der Waals surface area contributed by atoms with Gasteiger partial charge in [-0.3, -0.25) is 0 Å². The van der Waals surface area contributed by atoms with E-state index in [1.54, 1.807) is 6.07 Å². The summed E-state index contributed by atoms with van der Waals surface area (Å²) in [4.78, 5) is 0. The quantitative estimate of drug-likeness (QED) is 0.890. The Hall–Kier alpha value is -0.850. The summed E-state index contributed by atoms with van der Waals surface area (Å²) in [6.45, 7) is 0.215. The van der Waals surface area contributed by atoms with Crippen molar-refractivity contribution in [3.05, 3.63) is 17.9 Å². The maximum absolute atomic E-state index is 12.6. The molecule has 0 aromatic carbocycles. The standard InChI is InChI=1S/C15H22N2O3S/c16-9-13-1-2-14(20-13)21(18,19)17-15-6-10-3-11(7-15)5-12(4-10)8-15/h1-2,10-12,17H,3-9,16H2. The number of sulfonamides is 1. The molecule has 4 aliphatic carbocycles. The molecule has 1 aromatic heterocycles. The van der Waals surface area contributed by atoms with Gasteiger partial charge in [0.15, 0.2) is 0 Å². The third kappa shape index (κ3) is 2.33. The van der Waals surface area contributed by atoms with Gasteiger partial charge in [0.25, 0.3) is 10.0 Å². The summed E-state index contributed by atoms with van der Waals surface area (Å²) in [5.41, 5.74) is 5.25. The van der Waals surface area contributed by atoms with Gasteiger partial charge in [-0.2, -0.15) is 0 Å². The number of hydrogen-bond acceptors (Lipinski definition) is 4. The Morgan fingerprint density at radius 3 is 2.19 bits per heavy atom. The van der Waals surface area contributed by atoms with Crippen LogP contribution in [0.4, 0.5) is 0 Å². The smallest absolute Gasteiger partial charge is 0.274 e. The van der Waals surface area contributed by atoms with E-state index in [1.165, 1.54) is 25.3 Å². The molecule has 1 heterocycles. The fourth-order valence-corrected chi connectivity index (χ4v) is 6.57. The van der Waals surface area contributed by atoms with Gasteiger partial charge in [-0.1, -0.05) is 0 Å². The summed E-state index contributed by atoms with van der Waals surface area (Å²) >= 11 is 0. The molecule has 4 saturated carbocycles. The normalized spacial score (nSPS) is 38.0. The molecule has 0 aliphatic heterocycles. The van der Waals surface area contributed by atoms with Gasteiger partial charge in [0.2, 0.25) is 5.09 Å². The molecular weight excluding hydrogens is 288 g/mol. The molecule has 0 radical (unpaired) electrons. The van der Waals surface area contributed by atoms with E-state index in [0.717, 1.165) is 19.3 Å². The highest BCUT2D eigenvalue weighted by atomic mass is 32.2. The van der Waals surface area contributed by atoms with Gasteiger partial charge >= 0.3 is 0 Å².